The van der Waals surface area contributed by atoms with Gasteiger partial charge in [0, 0.05) is 0 Å². The number of nitrogens with one attached hydrogen (secondary N) is 1. The Morgan fingerprint density at radius 3 is 2.12 bits per heavy atom. The van der Waals surface area contributed by atoms with Crippen LogP contribution in [0.5, 0.6) is 11.5 Å². The molecule has 0 bridgehead atoms. The highest BCUT2D eigenvalue weighted by Gasteiger charge is 2.56. The Morgan fingerprint density at radius 2 is 1.49 bits per heavy atom. The summed E-state index contributed by atoms with van der Waals surface area (Å²) in [7, 11) is -4.67. The van der Waals surface area contributed by atoms with Crippen LogP contribution in [-0.4, -0.2) is 89.1 Å². The smallest absolute Gasteiger partial charge is 0.362 e. The predicted molar refractivity (Wildman–Crippen MR) is 211 cm³/mol. The van der Waals surface area contributed by atoms with Crippen LogP contribution in [0, 0.1) is 0 Å². The molecular weight excluding hydrogens is 755 g/mol. The van der Waals surface area contributed by atoms with Crippen LogP contribution in [0.15, 0.2) is 91.5 Å². The Bertz CT molecular complexity index is 2200. The quantitative estimate of drug-likeness (QED) is 0.143. The molecule has 2 saturated heterocycles. The van der Waals surface area contributed by atoms with E-state index in [4.69, 9.17) is 33.6 Å². The van der Waals surface area contributed by atoms with Gasteiger partial charge in [0.2, 0.25) is 0 Å². The number of imidazole rings is 1. The molecule has 17 heteroatoms. The van der Waals surface area contributed by atoms with Gasteiger partial charge in [0.1, 0.15) is 43.4 Å². The number of para-hydroxylation sites is 1. The van der Waals surface area contributed by atoms with Crippen molar-refractivity contribution in [3.05, 3.63) is 108 Å². The number of ether oxygens (including phenoxy) is 5. The van der Waals surface area contributed by atoms with Gasteiger partial charge >= 0.3 is 10.3 Å². The molecule has 2 fully saturated rings. The topological polar surface area (TPSA) is 191 Å². The minimum atomic E-state index is -4.67. The highest BCUT2D eigenvalue weighted by molar-refractivity contribution is 7.85. The zero-order chi connectivity index (χ0) is 40.6. The van der Waals surface area contributed by atoms with Gasteiger partial charge < -0.3 is 34.3 Å². The van der Waals surface area contributed by atoms with E-state index in [0.717, 1.165) is 11.1 Å². The largest absolute Gasteiger partial charge is 0.485 e. The molecule has 0 spiro atoms. The summed E-state index contributed by atoms with van der Waals surface area (Å²) in [5.41, 5.74) is 8.39. The van der Waals surface area contributed by atoms with Crippen LogP contribution in [-0.2, 0) is 41.9 Å². The lowest BCUT2D eigenvalue weighted by Crippen LogP contribution is -2.37. The second kappa shape index (κ2) is 18.4. The van der Waals surface area contributed by atoms with Crippen molar-refractivity contribution in [1.82, 2.24) is 29.1 Å². The van der Waals surface area contributed by atoms with Crippen LogP contribution in [0.1, 0.15) is 62.3 Å². The summed E-state index contributed by atoms with van der Waals surface area (Å²) in [4.78, 5) is 28.4. The number of benzene rings is 3. The minimum absolute atomic E-state index is 0.0699. The van der Waals surface area contributed by atoms with E-state index >= 15 is 0 Å². The Kier molecular flexibility index (Phi) is 13.4. The van der Waals surface area contributed by atoms with E-state index < -0.39 is 53.1 Å². The summed E-state index contributed by atoms with van der Waals surface area (Å²) in [6.07, 6.45) is -0.343. The number of hydrogen-bond acceptors (Lipinski definition) is 14. The zero-order valence-corrected chi connectivity index (χ0v) is 33.4. The van der Waals surface area contributed by atoms with Gasteiger partial charge in [-0.25, -0.2) is 19.7 Å². The zero-order valence-electron chi connectivity index (χ0n) is 32.6. The van der Waals surface area contributed by atoms with Crippen molar-refractivity contribution in [2.45, 2.75) is 78.2 Å². The van der Waals surface area contributed by atoms with E-state index in [1.807, 2.05) is 65.4 Å². The van der Waals surface area contributed by atoms with E-state index in [9.17, 15) is 13.2 Å². The fraction of sp³-hybridized carbons (Fsp3) is 0.400. The van der Waals surface area contributed by atoms with Gasteiger partial charge in [0.15, 0.2) is 35.0 Å². The first kappa shape index (κ1) is 41.5. The van der Waals surface area contributed by atoms with Gasteiger partial charge in [-0.05, 0) is 56.7 Å². The van der Waals surface area contributed by atoms with Gasteiger partial charge in [0.05, 0.1) is 18.5 Å². The monoisotopic (exact) mass is 803 g/mol. The van der Waals surface area contributed by atoms with Crippen molar-refractivity contribution in [2.75, 3.05) is 32.0 Å². The molecule has 3 N–H and O–H groups in total. The third kappa shape index (κ3) is 10.2. The Hall–Kier alpha value is -5.17. The number of anilines is 1. The van der Waals surface area contributed by atoms with E-state index in [-0.39, 0.29) is 36.1 Å². The molecule has 16 nitrogen and oxygen atoms in total. The number of nitrogen functional groups attached to an aromatic ring is 1. The summed E-state index contributed by atoms with van der Waals surface area (Å²) < 4.78 is 65.8. The Balaban J connectivity index is 0.000000719. The lowest BCUT2D eigenvalue weighted by molar-refractivity contribution is -0.198. The fourth-order valence-electron chi connectivity index (χ4n) is 6.52. The maximum atomic E-state index is 13.5. The van der Waals surface area contributed by atoms with Crippen molar-refractivity contribution in [1.29, 1.82) is 0 Å². The van der Waals surface area contributed by atoms with Crippen molar-refractivity contribution in [3.63, 3.8) is 0 Å². The normalized spacial score (nSPS) is 19.8. The number of amides is 1. The number of hydrogen-bond donors (Lipinski definition) is 2. The minimum Gasteiger partial charge on any atom is -0.485 e. The first-order chi connectivity index (χ1) is 27.4. The van der Waals surface area contributed by atoms with Crippen molar-refractivity contribution < 1.29 is 41.1 Å². The maximum absolute atomic E-state index is 13.5. The number of nitrogens with zero attached hydrogens (tertiary/aromatic N) is 5. The van der Waals surface area contributed by atoms with Gasteiger partial charge in [-0.3, -0.25) is 13.5 Å². The first-order valence-corrected chi connectivity index (χ1v) is 20.2. The van der Waals surface area contributed by atoms with Crippen molar-refractivity contribution in [3.8, 4) is 11.5 Å². The van der Waals surface area contributed by atoms with Crippen LogP contribution in [0.2, 0.25) is 0 Å². The number of nitrogens with two attached hydrogens (primary N) is 1. The molecular formula is C40H49N7O9S. The molecule has 0 saturated carbocycles. The lowest BCUT2D eigenvalue weighted by Gasteiger charge is -2.24. The first-order valence-electron chi connectivity index (χ1n) is 18.8. The molecule has 0 unspecified atom stereocenters. The molecule has 304 valence electrons. The average Bonchev–Trinajstić information content (AvgIpc) is 3.88. The van der Waals surface area contributed by atoms with Gasteiger partial charge in [-0.2, -0.15) is 8.42 Å². The number of fused-ring (bicyclic) bond motifs is 2. The number of carbonyl (C=O) groups is 1. The van der Waals surface area contributed by atoms with Gasteiger partial charge in [-0.1, -0.05) is 87.5 Å². The van der Waals surface area contributed by atoms with Crippen LogP contribution < -0.4 is 19.9 Å². The third-order valence-corrected chi connectivity index (χ3v) is 10.3. The molecule has 57 heavy (non-hydrogen) atoms. The second-order valence-corrected chi connectivity index (χ2v) is 15.0. The highest BCUT2D eigenvalue weighted by Crippen LogP contribution is 2.44. The SMILES string of the molecule is CC1(C)O[C@@H]2[C@H](O1)[C@@H](COS(=O)(=O)NC(=O)c1cccc(OCc3ccccc3)c1OCc1ccccc1)O[C@H]2n1cnc2c(N)ncnc21.CCN(CC)CC. The summed E-state index contributed by atoms with van der Waals surface area (Å²) in [6, 6.07) is 23.4. The molecule has 5 aromatic rings. The fourth-order valence-corrected chi connectivity index (χ4v) is 7.23. The molecule has 2 aliphatic heterocycles. The Labute approximate surface area is 332 Å². The third-order valence-electron chi connectivity index (χ3n) is 9.42. The second-order valence-electron chi connectivity index (χ2n) is 13.7. The van der Waals surface area contributed by atoms with Crippen LogP contribution in [0.25, 0.3) is 11.2 Å². The highest BCUT2D eigenvalue weighted by atomic mass is 32.2. The molecule has 2 aliphatic rings. The van der Waals surface area contributed by atoms with Crippen molar-refractivity contribution in [2.24, 2.45) is 0 Å². The van der Waals surface area contributed by atoms with Crippen molar-refractivity contribution >= 4 is 33.2 Å². The standard InChI is InChI=1S/C34H34N6O9S.C6H15N/c1-34(2)48-28-25(47-33(29(28)49-34)40-20-38-26-30(35)36-19-37-31(26)40)18-46-50(42,43)39-32(41)23-14-9-15-24(44-16-21-10-5-3-6-11-21)27(23)45-17-22-12-7-4-8-13-22;1-4-7(5-2)6-3/h3-15,19-20,25,28-29,33H,16-18H2,1-2H3,(H,39,41)(H2,35,36,37);4-6H2,1-3H3/t25-,28-,29-,33-;/m1./s1. The molecule has 7 rings (SSSR count). The molecule has 1 amide bonds. The molecule has 2 aromatic heterocycles. The lowest BCUT2D eigenvalue weighted by atomic mass is 10.1. The Morgan fingerprint density at radius 1 is 0.860 bits per heavy atom. The molecule has 0 radical (unpaired) electrons. The molecule has 4 heterocycles. The maximum Gasteiger partial charge on any atom is 0.362 e. The van der Waals surface area contributed by atoms with Gasteiger partial charge in [0.25, 0.3) is 5.91 Å². The van der Waals surface area contributed by atoms with E-state index in [1.54, 1.807) is 30.5 Å². The van der Waals surface area contributed by atoms with Gasteiger partial charge in [-0.15, -0.1) is 0 Å². The van der Waals surface area contributed by atoms with E-state index in [1.165, 1.54) is 38.4 Å². The number of rotatable bonds is 15. The average molecular weight is 804 g/mol. The summed E-state index contributed by atoms with van der Waals surface area (Å²) in [6.45, 7) is 13.4. The number of carbonyl (C=O) groups excluding carboxylic acids is 1. The van der Waals surface area contributed by atoms with Crippen LogP contribution in [0.3, 0.4) is 0 Å². The summed E-state index contributed by atoms with van der Waals surface area (Å²) in [5.74, 6) is -1.47. The summed E-state index contributed by atoms with van der Waals surface area (Å²) in [5, 5.41) is 0. The van der Waals surface area contributed by atoms with E-state index in [2.05, 4.69) is 40.6 Å². The number of aromatic nitrogens is 4. The van der Waals surface area contributed by atoms with E-state index in [0.29, 0.717) is 11.2 Å². The summed E-state index contributed by atoms with van der Waals surface area (Å²) >= 11 is 0. The molecule has 3 aromatic carbocycles. The molecule has 4 atom stereocenters. The predicted octanol–water partition coefficient (Wildman–Crippen LogP) is 5.02. The van der Waals surface area contributed by atoms with Crippen LogP contribution in [0.4, 0.5) is 5.82 Å². The molecule has 0 aliphatic carbocycles. The van der Waals surface area contributed by atoms with Crippen LogP contribution >= 0.6 is 0 Å².